The molecule has 0 atom stereocenters. The lowest BCUT2D eigenvalue weighted by atomic mass is 10.1. The third-order valence-corrected chi connectivity index (χ3v) is 4.52. The summed E-state index contributed by atoms with van der Waals surface area (Å²) >= 11 is 0. The monoisotopic (exact) mass is 373 g/mol. The van der Waals surface area contributed by atoms with Gasteiger partial charge in [-0.25, -0.2) is 10.1 Å². The molecule has 2 aromatic heterocycles. The van der Waals surface area contributed by atoms with E-state index in [0.29, 0.717) is 10.8 Å². The Morgan fingerprint density at radius 1 is 1.11 bits per heavy atom. The zero-order valence-corrected chi connectivity index (χ0v) is 15.5. The topological polar surface area (TPSA) is 92.1 Å². The van der Waals surface area contributed by atoms with Crippen LogP contribution in [0.3, 0.4) is 0 Å². The van der Waals surface area contributed by atoms with Crippen molar-refractivity contribution in [1.29, 1.82) is 0 Å². The highest BCUT2D eigenvalue weighted by atomic mass is 16.2. The van der Waals surface area contributed by atoms with Crippen LogP contribution in [0.15, 0.2) is 64.6 Å². The number of hydrazone groups is 1. The van der Waals surface area contributed by atoms with E-state index >= 15 is 0 Å². The van der Waals surface area contributed by atoms with Crippen molar-refractivity contribution < 1.29 is 4.79 Å². The number of hydrogen-bond acceptors (Lipinski definition) is 4. The van der Waals surface area contributed by atoms with Crippen LogP contribution >= 0.6 is 0 Å². The lowest BCUT2D eigenvalue weighted by Gasteiger charge is -2.12. The van der Waals surface area contributed by atoms with Gasteiger partial charge in [0.1, 0.15) is 0 Å². The molecule has 2 N–H and O–H groups in total. The average Bonchev–Trinajstić information content (AvgIpc) is 3.11. The number of amides is 1. The van der Waals surface area contributed by atoms with E-state index in [9.17, 15) is 9.59 Å². The van der Waals surface area contributed by atoms with Gasteiger partial charge in [0, 0.05) is 28.0 Å². The summed E-state index contributed by atoms with van der Waals surface area (Å²) in [6, 6.07) is 14.6. The fraction of sp³-hybridized carbons (Fsp3) is 0.143. The molecule has 140 valence electrons. The molecule has 2 heterocycles. The first-order chi connectivity index (χ1) is 13.6. The highest BCUT2D eigenvalue weighted by Gasteiger charge is 2.17. The lowest BCUT2D eigenvalue weighted by molar-refractivity contribution is 0.0949. The van der Waals surface area contributed by atoms with Gasteiger partial charge in [-0.1, -0.05) is 36.4 Å². The van der Waals surface area contributed by atoms with Crippen molar-refractivity contribution in [2.24, 2.45) is 5.10 Å². The molecule has 0 bridgehead atoms. The highest BCUT2D eigenvalue weighted by molar-refractivity contribution is 6.05. The number of nitrogens with one attached hydrogen (secondary N) is 2. The van der Waals surface area contributed by atoms with Gasteiger partial charge < -0.3 is 4.98 Å². The molecule has 7 nitrogen and oxygen atoms in total. The van der Waals surface area contributed by atoms with E-state index in [2.05, 4.69) is 20.6 Å². The molecule has 4 aromatic rings. The zero-order valence-electron chi connectivity index (χ0n) is 15.5. The number of fused-ring (bicyclic) bond motifs is 2. The third kappa shape index (κ3) is 3.07. The number of hydrogen-bond donors (Lipinski definition) is 2. The second-order valence-corrected chi connectivity index (χ2v) is 6.73. The number of aromatic nitrogens is 3. The maximum absolute atomic E-state index is 12.7. The van der Waals surface area contributed by atoms with Crippen molar-refractivity contribution in [3.63, 3.8) is 0 Å². The predicted molar refractivity (Wildman–Crippen MR) is 110 cm³/mol. The molecular formula is C21H19N5O2. The van der Waals surface area contributed by atoms with Crippen LogP contribution in [-0.4, -0.2) is 26.9 Å². The fourth-order valence-corrected chi connectivity index (χ4v) is 3.14. The molecule has 0 saturated carbocycles. The summed E-state index contributed by atoms with van der Waals surface area (Å²) in [5.41, 5.74) is 4.32. The number of rotatable bonds is 4. The van der Waals surface area contributed by atoms with Crippen molar-refractivity contribution in [1.82, 2.24) is 20.2 Å². The first-order valence-electron chi connectivity index (χ1n) is 8.97. The normalized spacial score (nSPS) is 11.7. The molecule has 2 aromatic carbocycles. The number of carbonyl (C=O) groups is 1. The molecule has 0 radical (unpaired) electrons. The van der Waals surface area contributed by atoms with E-state index in [1.807, 2.05) is 44.3 Å². The molecule has 0 aliphatic heterocycles. The molecule has 0 fully saturated rings. The fourth-order valence-electron chi connectivity index (χ4n) is 3.14. The largest absolute Gasteiger partial charge is 0.361 e. The van der Waals surface area contributed by atoms with Crippen molar-refractivity contribution >= 4 is 33.8 Å². The summed E-state index contributed by atoms with van der Waals surface area (Å²) in [6.07, 6.45) is 3.41. The van der Waals surface area contributed by atoms with Gasteiger partial charge in [0.15, 0.2) is 5.69 Å². The van der Waals surface area contributed by atoms with Gasteiger partial charge in [0.05, 0.1) is 17.6 Å². The Bertz CT molecular complexity index is 1270. The predicted octanol–water partition coefficient (Wildman–Crippen LogP) is 3.22. The number of benzene rings is 2. The van der Waals surface area contributed by atoms with Gasteiger partial charge in [0.2, 0.25) is 0 Å². The molecule has 0 saturated heterocycles. The van der Waals surface area contributed by atoms with Crippen LogP contribution in [0.5, 0.6) is 0 Å². The number of H-pyrrole nitrogens is 1. The third-order valence-electron chi connectivity index (χ3n) is 4.52. The Balaban J connectivity index is 1.67. The van der Waals surface area contributed by atoms with E-state index in [1.54, 1.807) is 30.5 Å². The minimum Gasteiger partial charge on any atom is -0.361 e. The Labute approximate surface area is 160 Å². The molecule has 1 amide bonds. The zero-order chi connectivity index (χ0) is 19.7. The van der Waals surface area contributed by atoms with Crippen LogP contribution in [-0.2, 0) is 0 Å². The highest BCUT2D eigenvalue weighted by Crippen LogP contribution is 2.16. The Kier molecular flexibility index (Phi) is 4.49. The van der Waals surface area contributed by atoms with Crippen LogP contribution in [0, 0.1) is 0 Å². The summed E-state index contributed by atoms with van der Waals surface area (Å²) in [7, 11) is 0. The summed E-state index contributed by atoms with van der Waals surface area (Å²) < 4.78 is 1.32. The molecule has 0 spiro atoms. The van der Waals surface area contributed by atoms with Crippen LogP contribution in [0.1, 0.15) is 35.9 Å². The van der Waals surface area contributed by atoms with Crippen molar-refractivity contribution in [2.75, 3.05) is 0 Å². The van der Waals surface area contributed by atoms with Gasteiger partial charge >= 0.3 is 0 Å². The number of nitrogens with zero attached hydrogens (tertiary/aromatic N) is 3. The van der Waals surface area contributed by atoms with E-state index in [4.69, 9.17) is 0 Å². The lowest BCUT2D eigenvalue weighted by Crippen LogP contribution is -2.30. The molecule has 4 rings (SSSR count). The average molecular weight is 373 g/mol. The van der Waals surface area contributed by atoms with E-state index in [1.165, 1.54) is 4.68 Å². The summed E-state index contributed by atoms with van der Waals surface area (Å²) in [6.45, 7) is 3.69. The Morgan fingerprint density at radius 2 is 1.79 bits per heavy atom. The molecule has 0 aliphatic carbocycles. The van der Waals surface area contributed by atoms with Crippen molar-refractivity contribution in [3.05, 3.63) is 76.3 Å². The summed E-state index contributed by atoms with van der Waals surface area (Å²) in [4.78, 5) is 28.5. The number of para-hydroxylation sites is 1. The minimum atomic E-state index is -0.471. The van der Waals surface area contributed by atoms with Gasteiger partial charge in [-0.15, -0.1) is 0 Å². The smallest absolute Gasteiger partial charge is 0.292 e. The summed E-state index contributed by atoms with van der Waals surface area (Å²) in [5, 5.41) is 10.3. The Morgan fingerprint density at radius 3 is 2.54 bits per heavy atom. The van der Waals surface area contributed by atoms with E-state index in [-0.39, 0.29) is 17.3 Å². The molecule has 7 heteroatoms. The van der Waals surface area contributed by atoms with E-state index in [0.717, 1.165) is 16.5 Å². The van der Waals surface area contributed by atoms with Crippen LogP contribution in [0.2, 0.25) is 0 Å². The Hall–Kier alpha value is -3.74. The summed E-state index contributed by atoms with van der Waals surface area (Å²) in [5.74, 6) is -0.471. The van der Waals surface area contributed by atoms with Crippen LogP contribution in [0.4, 0.5) is 0 Å². The van der Waals surface area contributed by atoms with Gasteiger partial charge in [-0.3, -0.25) is 9.59 Å². The standard InChI is InChI=1S/C21H19N5O2/c1-13(2)26-21(28)17-9-4-3-8-16(17)19(25-26)20(27)24-23-12-14-11-22-18-10-6-5-7-15(14)18/h3-13,22H,1-2H3,(H,24,27)/b23-12+. The van der Waals surface area contributed by atoms with Gasteiger partial charge in [-0.05, 0) is 26.0 Å². The van der Waals surface area contributed by atoms with Crippen LogP contribution in [0.25, 0.3) is 21.7 Å². The van der Waals surface area contributed by atoms with Crippen LogP contribution < -0.4 is 11.0 Å². The first-order valence-corrected chi connectivity index (χ1v) is 8.97. The molecule has 0 unspecified atom stereocenters. The van der Waals surface area contributed by atoms with Gasteiger partial charge in [0.25, 0.3) is 11.5 Å². The number of carbonyl (C=O) groups excluding carboxylic acids is 1. The maximum atomic E-state index is 12.7. The quantitative estimate of drug-likeness (QED) is 0.425. The number of aromatic amines is 1. The molecular weight excluding hydrogens is 354 g/mol. The molecule has 0 aliphatic rings. The second kappa shape index (κ2) is 7.11. The van der Waals surface area contributed by atoms with E-state index < -0.39 is 5.91 Å². The van der Waals surface area contributed by atoms with Gasteiger partial charge in [-0.2, -0.15) is 10.2 Å². The van der Waals surface area contributed by atoms with Crippen molar-refractivity contribution in [2.45, 2.75) is 19.9 Å². The first kappa shape index (κ1) is 17.7. The second-order valence-electron chi connectivity index (χ2n) is 6.73. The maximum Gasteiger partial charge on any atom is 0.292 e. The minimum absolute atomic E-state index is 0.167. The van der Waals surface area contributed by atoms with Crippen molar-refractivity contribution in [3.8, 4) is 0 Å². The SMILES string of the molecule is CC(C)n1nc(C(=O)N/N=C/c2c[nH]c3ccccc23)c2ccccc2c1=O. The molecule has 28 heavy (non-hydrogen) atoms.